The molecule has 2 rings (SSSR count). The first-order valence-electron chi connectivity index (χ1n) is 6.17. The summed E-state index contributed by atoms with van der Waals surface area (Å²) in [6.07, 6.45) is 0.300. The number of rotatable bonds is 6. The Kier molecular flexibility index (Phi) is 4.89. The summed E-state index contributed by atoms with van der Waals surface area (Å²) >= 11 is 0. The van der Waals surface area contributed by atoms with E-state index in [9.17, 15) is 4.79 Å². The van der Waals surface area contributed by atoms with Gasteiger partial charge in [0.1, 0.15) is 0 Å². The zero-order valence-electron chi connectivity index (χ0n) is 10.9. The van der Waals surface area contributed by atoms with Crippen LogP contribution in [0.4, 0.5) is 0 Å². The maximum Gasteiger partial charge on any atom is 0.247 e. The SMILES string of the molecule is COCCONC(=O)Cc1cccc2ccccc12. The van der Waals surface area contributed by atoms with Crippen LogP contribution >= 0.6 is 0 Å². The van der Waals surface area contributed by atoms with E-state index in [0.29, 0.717) is 19.6 Å². The minimum atomic E-state index is -0.160. The van der Waals surface area contributed by atoms with Gasteiger partial charge in [-0.05, 0) is 16.3 Å². The van der Waals surface area contributed by atoms with E-state index < -0.39 is 0 Å². The van der Waals surface area contributed by atoms with Gasteiger partial charge in [-0.25, -0.2) is 5.48 Å². The number of nitrogens with one attached hydrogen (secondary N) is 1. The Bertz CT molecular complexity index is 549. The summed E-state index contributed by atoms with van der Waals surface area (Å²) in [7, 11) is 1.58. The van der Waals surface area contributed by atoms with Gasteiger partial charge in [-0.3, -0.25) is 9.63 Å². The number of carbonyl (C=O) groups excluding carboxylic acids is 1. The molecule has 0 aliphatic rings. The highest BCUT2D eigenvalue weighted by molar-refractivity contribution is 5.89. The van der Waals surface area contributed by atoms with E-state index >= 15 is 0 Å². The van der Waals surface area contributed by atoms with Crippen molar-refractivity contribution >= 4 is 16.7 Å². The summed E-state index contributed by atoms with van der Waals surface area (Å²) in [6.45, 7) is 0.798. The van der Waals surface area contributed by atoms with E-state index in [-0.39, 0.29) is 5.91 Å². The van der Waals surface area contributed by atoms with E-state index in [4.69, 9.17) is 9.57 Å². The van der Waals surface area contributed by atoms with Crippen molar-refractivity contribution < 1.29 is 14.4 Å². The maximum atomic E-state index is 11.7. The third-order valence-corrected chi connectivity index (χ3v) is 2.81. The maximum absolute atomic E-state index is 11.7. The predicted molar refractivity (Wildman–Crippen MR) is 73.6 cm³/mol. The first kappa shape index (κ1) is 13.5. The van der Waals surface area contributed by atoms with E-state index in [2.05, 4.69) is 5.48 Å². The average Bonchev–Trinajstić information content (AvgIpc) is 2.44. The second-order valence-corrected chi connectivity index (χ2v) is 4.18. The molecule has 0 saturated carbocycles. The summed E-state index contributed by atoms with van der Waals surface area (Å²) in [5.74, 6) is -0.160. The van der Waals surface area contributed by atoms with Crippen molar-refractivity contribution in [2.45, 2.75) is 6.42 Å². The lowest BCUT2D eigenvalue weighted by atomic mass is 10.0. The van der Waals surface area contributed by atoms with Crippen LogP contribution in [-0.2, 0) is 20.8 Å². The highest BCUT2D eigenvalue weighted by Gasteiger charge is 2.06. The van der Waals surface area contributed by atoms with Crippen molar-refractivity contribution in [2.24, 2.45) is 0 Å². The summed E-state index contributed by atoms with van der Waals surface area (Å²) in [5, 5.41) is 2.23. The van der Waals surface area contributed by atoms with Crippen molar-refractivity contribution in [1.29, 1.82) is 0 Å². The second-order valence-electron chi connectivity index (χ2n) is 4.18. The number of benzene rings is 2. The molecule has 4 heteroatoms. The third-order valence-electron chi connectivity index (χ3n) is 2.81. The van der Waals surface area contributed by atoms with Gasteiger partial charge in [0, 0.05) is 7.11 Å². The minimum Gasteiger partial charge on any atom is -0.382 e. The summed E-state index contributed by atoms with van der Waals surface area (Å²) < 4.78 is 4.82. The Balaban J connectivity index is 1.99. The minimum absolute atomic E-state index is 0.160. The monoisotopic (exact) mass is 259 g/mol. The van der Waals surface area contributed by atoms with Crippen LogP contribution in [0.3, 0.4) is 0 Å². The van der Waals surface area contributed by atoms with Crippen LogP contribution in [0.15, 0.2) is 42.5 Å². The molecule has 0 radical (unpaired) electrons. The quantitative estimate of drug-likeness (QED) is 0.638. The largest absolute Gasteiger partial charge is 0.382 e. The van der Waals surface area contributed by atoms with E-state index in [1.807, 2.05) is 42.5 Å². The van der Waals surface area contributed by atoms with E-state index in [1.54, 1.807) is 7.11 Å². The van der Waals surface area contributed by atoms with E-state index in [1.165, 1.54) is 0 Å². The van der Waals surface area contributed by atoms with Crippen LogP contribution in [0, 0.1) is 0 Å². The molecular weight excluding hydrogens is 242 g/mol. The number of hydrogen-bond donors (Lipinski definition) is 1. The fourth-order valence-corrected chi connectivity index (χ4v) is 1.91. The highest BCUT2D eigenvalue weighted by Crippen LogP contribution is 2.18. The molecule has 1 N–H and O–H groups in total. The summed E-state index contributed by atoms with van der Waals surface area (Å²) in [4.78, 5) is 16.7. The molecule has 0 heterocycles. The van der Waals surface area contributed by atoms with Crippen LogP contribution in [0.25, 0.3) is 10.8 Å². The average molecular weight is 259 g/mol. The Morgan fingerprint density at radius 3 is 2.74 bits per heavy atom. The fourth-order valence-electron chi connectivity index (χ4n) is 1.91. The first-order chi connectivity index (χ1) is 9.31. The molecule has 0 aliphatic heterocycles. The summed E-state index contributed by atoms with van der Waals surface area (Å²) in [6, 6.07) is 14.0. The molecular formula is C15H17NO3. The zero-order valence-corrected chi connectivity index (χ0v) is 10.9. The van der Waals surface area contributed by atoms with Crippen LogP contribution in [0.2, 0.25) is 0 Å². The lowest BCUT2D eigenvalue weighted by Gasteiger charge is -2.07. The molecule has 100 valence electrons. The molecule has 0 aromatic heterocycles. The van der Waals surface area contributed by atoms with Gasteiger partial charge in [0.2, 0.25) is 5.91 Å². The Morgan fingerprint density at radius 2 is 1.89 bits per heavy atom. The van der Waals surface area contributed by atoms with Gasteiger partial charge in [0.05, 0.1) is 19.6 Å². The standard InChI is InChI=1S/C15H17NO3/c1-18-9-10-19-16-15(17)11-13-7-4-6-12-5-2-3-8-14(12)13/h2-8H,9-11H2,1H3,(H,16,17). The van der Waals surface area contributed by atoms with Crippen LogP contribution in [-0.4, -0.2) is 26.2 Å². The van der Waals surface area contributed by atoms with Crippen molar-refractivity contribution in [1.82, 2.24) is 5.48 Å². The van der Waals surface area contributed by atoms with Gasteiger partial charge in [-0.2, -0.15) is 0 Å². The third kappa shape index (κ3) is 3.77. The molecule has 0 bridgehead atoms. The molecule has 0 atom stereocenters. The number of fused-ring (bicyclic) bond motifs is 1. The number of carbonyl (C=O) groups is 1. The number of hydrogen-bond acceptors (Lipinski definition) is 3. The van der Waals surface area contributed by atoms with Crippen molar-refractivity contribution in [3.63, 3.8) is 0 Å². The van der Waals surface area contributed by atoms with Gasteiger partial charge in [-0.15, -0.1) is 0 Å². The van der Waals surface area contributed by atoms with Crippen LogP contribution in [0.5, 0.6) is 0 Å². The van der Waals surface area contributed by atoms with Gasteiger partial charge in [0.25, 0.3) is 0 Å². The van der Waals surface area contributed by atoms with Gasteiger partial charge in [-0.1, -0.05) is 42.5 Å². The van der Waals surface area contributed by atoms with E-state index in [0.717, 1.165) is 16.3 Å². The molecule has 2 aromatic rings. The van der Waals surface area contributed by atoms with Gasteiger partial charge < -0.3 is 4.74 Å². The van der Waals surface area contributed by atoms with Crippen molar-refractivity contribution in [3.8, 4) is 0 Å². The molecule has 4 nitrogen and oxygen atoms in total. The zero-order chi connectivity index (χ0) is 13.5. The van der Waals surface area contributed by atoms with Crippen LogP contribution in [0.1, 0.15) is 5.56 Å². The van der Waals surface area contributed by atoms with Gasteiger partial charge >= 0.3 is 0 Å². The first-order valence-corrected chi connectivity index (χ1v) is 6.17. The fraction of sp³-hybridized carbons (Fsp3) is 0.267. The van der Waals surface area contributed by atoms with Crippen molar-refractivity contribution in [2.75, 3.05) is 20.3 Å². The van der Waals surface area contributed by atoms with Crippen molar-refractivity contribution in [3.05, 3.63) is 48.0 Å². The molecule has 2 aromatic carbocycles. The highest BCUT2D eigenvalue weighted by atomic mass is 16.7. The lowest BCUT2D eigenvalue weighted by Crippen LogP contribution is -2.26. The molecule has 0 unspecified atom stereocenters. The van der Waals surface area contributed by atoms with Crippen LogP contribution < -0.4 is 5.48 Å². The smallest absolute Gasteiger partial charge is 0.247 e. The Labute approximate surface area is 112 Å². The number of ether oxygens (including phenoxy) is 1. The molecule has 0 aliphatic carbocycles. The molecule has 0 spiro atoms. The van der Waals surface area contributed by atoms with Gasteiger partial charge in [0.15, 0.2) is 0 Å². The Hall–Kier alpha value is -1.91. The Morgan fingerprint density at radius 1 is 1.11 bits per heavy atom. The predicted octanol–water partition coefficient (Wildman–Crippen LogP) is 2.08. The lowest BCUT2D eigenvalue weighted by molar-refractivity contribution is -0.133. The molecule has 19 heavy (non-hydrogen) atoms. The second kappa shape index (κ2) is 6.87. The summed E-state index contributed by atoms with van der Waals surface area (Å²) in [5.41, 5.74) is 3.40. The molecule has 0 saturated heterocycles. The molecule has 1 amide bonds. The normalized spacial score (nSPS) is 10.6. The number of methoxy groups -OCH3 is 1. The molecule has 0 fully saturated rings. The topological polar surface area (TPSA) is 47.6 Å². The number of amides is 1. The number of hydroxylamine groups is 1.